The number of halogens is 2. The van der Waals surface area contributed by atoms with Gasteiger partial charge in [0.05, 0.1) is 0 Å². The highest BCUT2D eigenvalue weighted by atomic mass is 35.5. The van der Waals surface area contributed by atoms with Gasteiger partial charge in [0.1, 0.15) is 23.7 Å². The van der Waals surface area contributed by atoms with Crippen molar-refractivity contribution in [3.05, 3.63) is 95.3 Å². The largest absolute Gasteiger partial charge is 0.490 e. The highest BCUT2D eigenvalue weighted by Gasteiger charge is 2.31. The zero-order chi connectivity index (χ0) is 23.9. The number of anilines is 1. The third kappa shape index (κ3) is 6.26. The number of benzene rings is 3. The Morgan fingerprint density at radius 2 is 1.59 bits per heavy atom. The Kier molecular flexibility index (Phi) is 7.65. The van der Waals surface area contributed by atoms with E-state index in [0.717, 1.165) is 0 Å². The number of carbonyl (C=O) groups is 2. The lowest BCUT2D eigenvalue weighted by atomic mass is 10.0. The van der Waals surface area contributed by atoms with Crippen LogP contribution in [-0.4, -0.2) is 36.0 Å². The third-order valence-electron chi connectivity index (χ3n) is 5.63. The highest BCUT2D eigenvalue weighted by Crippen LogP contribution is 2.23. The van der Waals surface area contributed by atoms with E-state index in [1.165, 1.54) is 12.1 Å². The third-order valence-corrected chi connectivity index (χ3v) is 5.88. The van der Waals surface area contributed by atoms with Gasteiger partial charge in [0, 0.05) is 36.6 Å². The molecule has 34 heavy (non-hydrogen) atoms. The summed E-state index contributed by atoms with van der Waals surface area (Å²) in [6.07, 6.45) is 1.22. The Morgan fingerprint density at radius 1 is 0.941 bits per heavy atom. The minimum Gasteiger partial charge on any atom is -0.490 e. The summed E-state index contributed by atoms with van der Waals surface area (Å²) >= 11 is 5.90. The van der Waals surface area contributed by atoms with Gasteiger partial charge in [0.2, 0.25) is 5.91 Å². The van der Waals surface area contributed by atoms with Gasteiger partial charge < -0.3 is 20.3 Å². The number of rotatable bonds is 6. The van der Waals surface area contributed by atoms with Crippen LogP contribution in [0.1, 0.15) is 24.4 Å². The molecule has 1 aliphatic heterocycles. The van der Waals surface area contributed by atoms with Gasteiger partial charge >= 0.3 is 6.03 Å². The zero-order valence-corrected chi connectivity index (χ0v) is 19.2. The Morgan fingerprint density at radius 3 is 2.24 bits per heavy atom. The molecule has 1 heterocycles. The first-order chi connectivity index (χ1) is 16.5. The van der Waals surface area contributed by atoms with Crippen molar-refractivity contribution < 1.29 is 18.7 Å². The van der Waals surface area contributed by atoms with Crippen molar-refractivity contribution in [3.8, 4) is 5.75 Å². The van der Waals surface area contributed by atoms with Crippen LogP contribution in [0.4, 0.5) is 14.9 Å². The number of nitrogens with one attached hydrogen (secondary N) is 2. The first-order valence-electron chi connectivity index (χ1n) is 11.1. The average Bonchev–Trinajstić information content (AvgIpc) is 2.86. The lowest BCUT2D eigenvalue weighted by Gasteiger charge is -2.34. The highest BCUT2D eigenvalue weighted by molar-refractivity contribution is 6.30. The van der Waals surface area contributed by atoms with Crippen LogP contribution in [0.5, 0.6) is 5.75 Å². The van der Waals surface area contributed by atoms with E-state index in [-0.39, 0.29) is 17.8 Å². The maximum absolute atomic E-state index is 13.4. The fourth-order valence-electron chi connectivity index (χ4n) is 3.85. The van der Waals surface area contributed by atoms with Crippen LogP contribution in [0.3, 0.4) is 0 Å². The molecule has 1 saturated heterocycles. The minimum absolute atomic E-state index is 0.0640. The van der Waals surface area contributed by atoms with Gasteiger partial charge in [0.15, 0.2) is 0 Å². The fraction of sp³-hybridized carbons (Fsp3) is 0.231. The monoisotopic (exact) mass is 481 g/mol. The quantitative estimate of drug-likeness (QED) is 0.494. The van der Waals surface area contributed by atoms with Crippen molar-refractivity contribution in [1.82, 2.24) is 10.2 Å². The van der Waals surface area contributed by atoms with Crippen LogP contribution in [0, 0.1) is 5.82 Å². The van der Waals surface area contributed by atoms with E-state index in [0.29, 0.717) is 48.0 Å². The zero-order valence-electron chi connectivity index (χ0n) is 18.4. The fourth-order valence-corrected chi connectivity index (χ4v) is 3.97. The number of likely N-dealkylation sites (tertiary alicyclic amines) is 1. The number of carbonyl (C=O) groups excluding carboxylic acids is 2. The van der Waals surface area contributed by atoms with Gasteiger partial charge in [-0.05, 0) is 54.1 Å². The molecule has 0 aromatic heterocycles. The van der Waals surface area contributed by atoms with E-state index in [1.807, 2.05) is 30.3 Å². The molecule has 0 unspecified atom stereocenters. The standard InChI is InChI=1S/C26H25ClFN3O3/c27-19-6-10-21(11-7-19)29-26(33)30-24(18-4-2-1-3-5-18)25(32)31-16-14-23(15-17-31)34-22-12-8-20(28)9-13-22/h1-13,23-24H,14-17H2,(H2,29,30,33)/t24-/m1/s1. The summed E-state index contributed by atoms with van der Waals surface area (Å²) in [5.74, 6) is 0.110. The smallest absolute Gasteiger partial charge is 0.320 e. The molecule has 1 aliphatic rings. The summed E-state index contributed by atoms with van der Waals surface area (Å²) in [6.45, 7) is 0.989. The number of hydrogen-bond acceptors (Lipinski definition) is 3. The molecular formula is C26H25ClFN3O3. The van der Waals surface area contributed by atoms with Crippen LogP contribution in [0.15, 0.2) is 78.9 Å². The van der Waals surface area contributed by atoms with Crippen molar-refractivity contribution in [3.63, 3.8) is 0 Å². The molecule has 0 bridgehead atoms. The Bertz CT molecular complexity index is 1100. The van der Waals surface area contributed by atoms with E-state index < -0.39 is 12.1 Å². The predicted molar refractivity (Wildman–Crippen MR) is 129 cm³/mol. The summed E-state index contributed by atoms with van der Waals surface area (Å²) in [5.41, 5.74) is 1.27. The summed E-state index contributed by atoms with van der Waals surface area (Å²) in [4.78, 5) is 27.8. The lowest BCUT2D eigenvalue weighted by Crippen LogP contribution is -2.48. The second-order valence-corrected chi connectivity index (χ2v) is 8.48. The number of amides is 3. The molecule has 3 aromatic rings. The topological polar surface area (TPSA) is 70.7 Å². The van der Waals surface area contributed by atoms with E-state index in [2.05, 4.69) is 10.6 Å². The molecule has 0 aliphatic carbocycles. The molecule has 3 aromatic carbocycles. The first kappa shape index (κ1) is 23.6. The molecule has 6 nitrogen and oxygen atoms in total. The number of urea groups is 1. The van der Waals surface area contributed by atoms with Gasteiger partial charge in [-0.3, -0.25) is 4.79 Å². The van der Waals surface area contributed by atoms with Crippen molar-refractivity contribution in [2.45, 2.75) is 25.0 Å². The predicted octanol–water partition coefficient (Wildman–Crippen LogP) is 5.41. The van der Waals surface area contributed by atoms with E-state index in [1.54, 1.807) is 41.3 Å². The van der Waals surface area contributed by atoms with E-state index in [4.69, 9.17) is 16.3 Å². The Labute approximate surface area is 202 Å². The maximum Gasteiger partial charge on any atom is 0.320 e. The Hall–Kier alpha value is -3.58. The van der Waals surface area contributed by atoms with Gasteiger partial charge in [0.25, 0.3) is 0 Å². The van der Waals surface area contributed by atoms with Crippen LogP contribution in [0.2, 0.25) is 5.02 Å². The first-order valence-corrected chi connectivity index (χ1v) is 11.4. The van der Waals surface area contributed by atoms with Crippen LogP contribution >= 0.6 is 11.6 Å². The summed E-state index contributed by atoms with van der Waals surface area (Å²) < 4.78 is 19.0. The molecule has 1 atom stereocenters. The number of ether oxygens (including phenoxy) is 1. The molecule has 0 saturated carbocycles. The molecule has 176 valence electrons. The number of nitrogens with zero attached hydrogens (tertiary/aromatic N) is 1. The van der Waals surface area contributed by atoms with Crippen molar-refractivity contribution in [2.75, 3.05) is 18.4 Å². The SMILES string of the molecule is O=C(Nc1ccc(Cl)cc1)N[C@@H](C(=O)N1CCC(Oc2ccc(F)cc2)CC1)c1ccccc1. The summed E-state index contributed by atoms with van der Waals surface area (Å²) in [6, 6.07) is 20.5. The molecule has 3 amide bonds. The normalized spacial score (nSPS) is 14.8. The molecule has 0 radical (unpaired) electrons. The summed E-state index contributed by atoms with van der Waals surface area (Å²) in [5, 5.41) is 6.11. The average molecular weight is 482 g/mol. The van der Waals surface area contributed by atoms with Crippen LogP contribution < -0.4 is 15.4 Å². The van der Waals surface area contributed by atoms with E-state index >= 15 is 0 Å². The maximum atomic E-state index is 13.4. The van der Waals surface area contributed by atoms with Crippen LogP contribution in [-0.2, 0) is 4.79 Å². The molecule has 1 fully saturated rings. The number of piperidine rings is 1. The molecule has 8 heteroatoms. The van der Waals surface area contributed by atoms with Crippen molar-refractivity contribution in [1.29, 1.82) is 0 Å². The van der Waals surface area contributed by atoms with Crippen molar-refractivity contribution >= 4 is 29.2 Å². The lowest BCUT2D eigenvalue weighted by molar-refractivity contribution is -0.135. The van der Waals surface area contributed by atoms with Gasteiger partial charge in [-0.15, -0.1) is 0 Å². The number of hydrogen-bond donors (Lipinski definition) is 2. The van der Waals surface area contributed by atoms with Crippen molar-refractivity contribution in [2.24, 2.45) is 0 Å². The second-order valence-electron chi connectivity index (χ2n) is 8.05. The van der Waals surface area contributed by atoms with Crippen LogP contribution in [0.25, 0.3) is 0 Å². The van der Waals surface area contributed by atoms with Gasteiger partial charge in [-0.25, -0.2) is 9.18 Å². The van der Waals surface area contributed by atoms with E-state index in [9.17, 15) is 14.0 Å². The minimum atomic E-state index is -0.830. The summed E-state index contributed by atoms with van der Waals surface area (Å²) in [7, 11) is 0. The Balaban J connectivity index is 1.39. The molecular weight excluding hydrogens is 457 g/mol. The molecule has 2 N–H and O–H groups in total. The van der Waals surface area contributed by atoms with Gasteiger partial charge in [-0.1, -0.05) is 41.9 Å². The molecule has 4 rings (SSSR count). The van der Waals surface area contributed by atoms with Gasteiger partial charge in [-0.2, -0.15) is 0 Å². The molecule has 0 spiro atoms. The second kappa shape index (κ2) is 11.0.